The Morgan fingerprint density at radius 1 is 1.17 bits per heavy atom. The number of aryl methyl sites for hydroxylation is 2. The first-order chi connectivity index (χ1) is 11.7. The third-order valence-corrected chi connectivity index (χ3v) is 4.35. The van der Waals surface area contributed by atoms with Crippen molar-refractivity contribution in [2.75, 3.05) is 18.0 Å². The summed E-state index contributed by atoms with van der Waals surface area (Å²) < 4.78 is 8.03. The van der Waals surface area contributed by atoms with E-state index < -0.39 is 0 Å². The number of piperidine rings is 1. The molecule has 0 amide bonds. The first-order valence-corrected chi connectivity index (χ1v) is 8.18. The van der Waals surface area contributed by atoms with E-state index in [1.807, 2.05) is 26.1 Å². The summed E-state index contributed by atoms with van der Waals surface area (Å²) in [5, 5.41) is 0. The molecule has 0 bridgehead atoms. The van der Waals surface area contributed by atoms with Crippen molar-refractivity contribution in [1.82, 2.24) is 24.5 Å². The van der Waals surface area contributed by atoms with E-state index in [9.17, 15) is 0 Å². The largest absolute Gasteiger partial charge is 0.473 e. The molecule has 4 heterocycles. The summed E-state index contributed by atoms with van der Waals surface area (Å²) in [6.45, 7) is 3.73. The van der Waals surface area contributed by atoms with Crippen molar-refractivity contribution in [1.29, 1.82) is 0 Å². The molecule has 7 nitrogen and oxygen atoms in total. The third kappa shape index (κ3) is 2.77. The second-order valence-corrected chi connectivity index (χ2v) is 6.12. The number of imidazole rings is 1. The molecule has 3 aromatic rings. The Labute approximate surface area is 140 Å². The zero-order valence-electron chi connectivity index (χ0n) is 13.9. The van der Waals surface area contributed by atoms with E-state index in [4.69, 9.17) is 9.72 Å². The van der Waals surface area contributed by atoms with Gasteiger partial charge >= 0.3 is 0 Å². The fourth-order valence-electron chi connectivity index (χ4n) is 3.14. The van der Waals surface area contributed by atoms with Crippen LogP contribution in [0.4, 0.5) is 5.95 Å². The smallest absolute Gasteiger partial charge is 0.232 e. The van der Waals surface area contributed by atoms with Gasteiger partial charge in [0, 0.05) is 45.4 Å². The van der Waals surface area contributed by atoms with Gasteiger partial charge < -0.3 is 9.64 Å². The van der Waals surface area contributed by atoms with Gasteiger partial charge in [-0.25, -0.2) is 15.0 Å². The number of ether oxygens (including phenoxy) is 1. The lowest BCUT2D eigenvalue weighted by Crippen LogP contribution is -2.39. The Hall–Kier alpha value is -2.70. The maximum atomic E-state index is 5.97. The van der Waals surface area contributed by atoms with Gasteiger partial charge in [0.05, 0.1) is 11.9 Å². The highest BCUT2D eigenvalue weighted by atomic mass is 16.5. The summed E-state index contributed by atoms with van der Waals surface area (Å²) in [6, 6.07) is 3.92. The maximum absolute atomic E-state index is 5.97. The van der Waals surface area contributed by atoms with Crippen LogP contribution in [0.5, 0.6) is 5.88 Å². The third-order valence-electron chi connectivity index (χ3n) is 4.35. The molecule has 1 saturated heterocycles. The predicted molar refractivity (Wildman–Crippen MR) is 91.1 cm³/mol. The van der Waals surface area contributed by atoms with Gasteiger partial charge in [-0.15, -0.1) is 0 Å². The minimum absolute atomic E-state index is 0.171. The number of anilines is 1. The molecule has 1 fully saturated rings. The molecule has 0 N–H and O–H groups in total. The van der Waals surface area contributed by atoms with Crippen molar-refractivity contribution >= 4 is 17.1 Å². The van der Waals surface area contributed by atoms with Gasteiger partial charge in [-0.1, -0.05) is 0 Å². The zero-order chi connectivity index (χ0) is 16.5. The highest BCUT2D eigenvalue weighted by Gasteiger charge is 2.24. The van der Waals surface area contributed by atoms with Gasteiger partial charge in [0.1, 0.15) is 11.6 Å². The highest BCUT2D eigenvalue weighted by Crippen LogP contribution is 2.24. The topological polar surface area (TPSA) is 69.0 Å². The molecule has 1 aliphatic rings. The average Bonchev–Trinajstić information content (AvgIpc) is 2.93. The van der Waals surface area contributed by atoms with Crippen LogP contribution in [0, 0.1) is 6.92 Å². The molecule has 0 aliphatic carbocycles. The molecule has 0 radical (unpaired) electrons. The molecule has 124 valence electrons. The maximum Gasteiger partial charge on any atom is 0.232 e. The molecule has 1 aliphatic heterocycles. The SMILES string of the molecule is Cc1cncc(OC2CCN(c3nc4cccnc4n3C)CC2)n1. The van der Waals surface area contributed by atoms with Crippen LogP contribution in [-0.2, 0) is 7.05 Å². The van der Waals surface area contributed by atoms with Crippen LogP contribution in [0.2, 0.25) is 0 Å². The van der Waals surface area contributed by atoms with Crippen LogP contribution in [-0.4, -0.2) is 43.7 Å². The Balaban J connectivity index is 1.44. The molecule has 0 spiro atoms. The summed E-state index contributed by atoms with van der Waals surface area (Å²) in [6.07, 6.45) is 7.26. The average molecular weight is 324 g/mol. The second kappa shape index (κ2) is 6.07. The Bertz CT molecular complexity index is 853. The Kier molecular flexibility index (Phi) is 3.76. The molecule has 4 rings (SSSR count). The van der Waals surface area contributed by atoms with E-state index in [2.05, 4.69) is 24.4 Å². The van der Waals surface area contributed by atoms with Crippen molar-refractivity contribution in [3.8, 4) is 5.88 Å². The van der Waals surface area contributed by atoms with Crippen LogP contribution >= 0.6 is 0 Å². The summed E-state index contributed by atoms with van der Waals surface area (Å²) in [4.78, 5) is 19.9. The first-order valence-electron chi connectivity index (χ1n) is 8.18. The van der Waals surface area contributed by atoms with Gasteiger partial charge in [0.2, 0.25) is 11.8 Å². The lowest BCUT2D eigenvalue weighted by Gasteiger charge is -2.32. The lowest BCUT2D eigenvalue weighted by molar-refractivity contribution is 0.162. The minimum atomic E-state index is 0.171. The van der Waals surface area contributed by atoms with Gasteiger partial charge in [0.25, 0.3) is 0 Å². The predicted octanol–water partition coefficient (Wildman–Crippen LogP) is 2.11. The van der Waals surface area contributed by atoms with E-state index in [0.29, 0.717) is 5.88 Å². The van der Waals surface area contributed by atoms with Crippen LogP contribution < -0.4 is 9.64 Å². The second-order valence-electron chi connectivity index (χ2n) is 6.12. The van der Waals surface area contributed by atoms with Crippen LogP contribution in [0.3, 0.4) is 0 Å². The summed E-state index contributed by atoms with van der Waals surface area (Å²) in [7, 11) is 2.02. The zero-order valence-corrected chi connectivity index (χ0v) is 13.9. The first kappa shape index (κ1) is 14.9. The fraction of sp³-hybridized carbons (Fsp3) is 0.412. The number of pyridine rings is 1. The number of rotatable bonds is 3. The van der Waals surface area contributed by atoms with Gasteiger partial charge in [-0.05, 0) is 19.1 Å². The molecule has 3 aromatic heterocycles. The molecule has 0 unspecified atom stereocenters. The lowest BCUT2D eigenvalue weighted by atomic mass is 10.1. The van der Waals surface area contributed by atoms with E-state index in [0.717, 1.165) is 48.7 Å². The number of hydrogen-bond acceptors (Lipinski definition) is 6. The Morgan fingerprint density at radius 2 is 2.00 bits per heavy atom. The fourth-order valence-corrected chi connectivity index (χ4v) is 3.14. The quantitative estimate of drug-likeness (QED) is 0.735. The van der Waals surface area contributed by atoms with Crippen molar-refractivity contribution in [3.05, 3.63) is 36.4 Å². The minimum Gasteiger partial charge on any atom is -0.473 e. The van der Waals surface area contributed by atoms with Crippen molar-refractivity contribution in [3.63, 3.8) is 0 Å². The monoisotopic (exact) mass is 324 g/mol. The van der Waals surface area contributed by atoms with Crippen LogP contribution in [0.1, 0.15) is 18.5 Å². The molecule has 0 aromatic carbocycles. The molecule has 7 heteroatoms. The van der Waals surface area contributed by atoms with Crippen molar-refractivity contribution in [2.24, 2.45) is 7.05 Å². The van der Waals surface area contributed by atoms with E-state index >= 15 is 0 Å². The van der Waals surface area contributed by atoms with Crippen molar-refractivity contribution in [2.45, 2.75) is 25.9 Å². The normalized spacial score (nSPS) is 15.8. The number of aromatic nitrogens is 5. The Morgan fingerprint density at radius 3 is 2.75 bits per heavy atom. The summed E-state index contributed by atoms with van der Waals surface area (Å²) >= 11 is 0. The van der Waals surface area contributed by atoms with E-state index in [-0.39, 0.29) is 6.10 Å². The summed E-state index contributed by atoms with van der Waals surface area (Å²) in [5.74, 6) is 1.58. The van der Waals surface area contributed by atoms with E-state index in [1.165, 1.54) is 0 Å². The molecule has 0 atom stereocenters. The van der Waals surface area contributed by atoms with E-state index in [1.54, 1.807) is 18.6 Å². The van der Waals surface area contributed by atoms with Crippen LogP contribution in [0.15, 0.2) is 30.7 Å². The van der Waals surface area contributed by atoms with Crippen molar-refractivity contribution < 1.29 is 4.74 Å². The number of nitrogens with zero attached hydrogens (tertiary/aromatic N) is 6. The molecular formula is C17H20N6O. The van der Waals surface area contributed by atoms with Gasteiger partial charge in [-0.2, -0.15) is 0 Å². The van der Waals surface area contributed by atoms with Crippen LogP contribution in [0.25, 0.3) is 11.2 Å². The number of fused-ring (bicyclic) bond motifs is 1. The molecule has 0 saturated carbocycles. The molecule has 24 heavy (non-hydrogen) atoms. The summed E-state index contributed by atoms with van der Waals surface area (Å²) in [5.41, 5.74) is 2.72. The highest BCUT2D eigenvalue weighted by molar-refractivity contribution is 5.74. The van der Waals surface area contributed by atoms with Gasteiger partial charge in [0.15, 0.2) is 5.65 Å². The standard InChI is InChI=1S/C17H20N6O/c1-12-10-18-11-15(20-12)24-13-5-8-23(9-6-13)17-21-14-4-3-7-19-16(14)22(17)2/h3-4,7,10-11,13H,5-6,8-9H2,1-2H3. The molecular weight excluding hydrogens is 304 g/mol. The van der Waals surface area contributed by atoms with Gasteiger partial charge in [-0.3, -0.25) is 9.55 Å². The number of hydrogen-bond donors (Lipinski definition) is 0.